The quantitative estimate of drug-likeness (QED) is 0.854. The van der Waals surface area contributed by atoms with E-state index in [9.17, 15) is 4.39 Å². The van der Waals surface area contributed by atoms with E-state index in [1.165, 1.54) is 6.07 Å². The molecule has 0 atom stereocenters. The number of hydrogen-bond donors (Lipinski definition) is 1. The molecule has 5 heteroatoms. The molecule has 1 heterocycles. The van der Waals surface area contributed by atoms with Crippen molar-refractivity contribution in [3.05, 3.63) is 58.4 Å². The van der Waals surface area contributed by atoms with Gasteiger partial charge in [-0.3, -0.25) is 0 Å². The molecule has 0 saturated carbocycles. The Bertz CT molecular complexity index is 663. The van der Waals surface area contributed by atoms with Gasteiger partial charge in [0.05, 0.1) is 5.02 Å². The number of halogens is 2. The fraction of sp³-hybridized carbons (Fsp3) is 0.294. The van der Waals surface area contributed by atoms with Crippen LogP contribution in [0.2, 0.25) is 5.02 Å². The van der Waals surface area contributed by atoms with Crippen LogP contribution in [-0.2, 0) is 13.0 Å². The number of benzene rings is 2. The number of rotatable bonds is 5. The summed E-state index contributed by atoms with van der Waals surface area (Å²) in [6.07, 6.45) is 0.644. The zero-order valence-corrected chi connectivity index (χ0v) is 12.8. The molecule has 0 radical (unpaired) electrons. The van der Waals surface area contributed by atoms with E-state index >= 15 is 0 Å². The lowest BCUT2D eigenvalue weighted by Gasteiger charge is -2.20. The fourth-order valence-electron chi connectivity index (χ4n) is 2.42. The highest BCUT2D eigenvalue weighted by Gasteiger charge is 2.16. The van der Waals surface area contributed by atoms with Crippen LogP contribution >= 0.6 is 11.6 Å². The van der Waals surface area contributed by atoms with Crippen molar-refractivity contribution in [1.29, 1.82) is 0 Å². The number of nitrogens with one attached hydrogen (secondary N) is 1. The molecular formula is C17H17ClFNO2. The summed E-state index contributed by atoms with van der Waals surface area (Å²) in [5, 5.41) is 3.85. The van der Waals surface area contributed by atoms with Crippen LogP contribution in [0.4, 0.5) is 4.39 Å². The SMILES string of the molecule is Fc1ccccc1CCNCc1cc(Cl)c2c(c1)OCCO2. The van der Waals surface area contributed by atoms with Crippen LogP contribution in [0.1, 0.15) is 11.1 Å². The Balaban J connectivity index is 1.56. The zero-order valence-electron chi connectivity index (χ0n) is 12.1. The van der Waals surface area contributed by atoms with Crippen molar-refractivity contribution in [2.75, 3.05) is 19.8 Å². The normalized spacial score (nSPS) is 13.2. The topological polar surface area (TPSA) is 30.5 Å². The van der Waals surface area contributed by atoms with Gasteiger partial charge in [-0.15, -0.1) is 0 Å². The van der Waals surface area contributed by atoms with E-state index in [1.54, 1.807) is 12.1 Å². The minimum absolute atomic E-state index is 0.160. The molecule has 0 aromatic heterocycles. The summed E-state index contributed by atoms with van der Waals surface area (Å²) in [5.41, 5.74) is 1.73. The Morgan fingerprint density at radius 1 is 1.14 bits per heavy atom. The molecule has 2 aromatic carbocycles. The maximum atomic E-state index is 13.5. The van der Waals surface area contributed by atoms with Crippen molar-refractivity contribution in [2.24, 2.45) is 0 Å². The Kier molecular flexibility index (Phi) is 4.80. The van der Waals surface area contributed by atoms with Gasteiger partial charge in [-0.2, -0.15) is 0 Å². The summed E-state index contributed by atoms with van der Waals surface area (Å²) in [4.78, 5) is 0. The highest BCUT2D eigenvalue weighted by molar-refractivity contribution is 6.32. The van der Waals surface area contributed by atoms with Gasteiger partial charge < -0.3 is 14.8 Å². The van der Waals surface area contributed by atoms with Crippen molar-refractivity contribution in [1.82, 2.24) is 5.32 Å². The summed E-state index contributed by atoms with van der Waals surface area (Å²) < 4.78 is 24.5. The Morgan fingerprint density at radius 3 is 2.82 bits per heavy atom. The molecule has 1 aliphatic rings. The maximum Gasteiger partial charge on any atom is 0.179 e. The standard InChI is InChI=1S/C17H17ClFNO2/c18-14-9-12(10-16-17(14)22-8-7-21-16)11-20-6-5-13-3-1-2-4-15(13)19/h1-4,9-10,20H,5-8,11H2. The third-order valence-corrected chi connectivity index (χ3v) is 3.80. The van der Waals surface area contributed by atoms with Gasteiger partial charge in [0.2, 0.25) is 0 Å². The fourth-order valence-corrected chi connectivity index (χ4v) is 2.71. The van der Waals surface area contributed by atoms with E-state index in [2.05, 4.69) is 5.32 Å². The number of hydrogen-bond acceptors (Lipinski definition) is 3. The molecule has 3 rings (SSSR count). The van der Waals surface area contributed by atoms with Gasteiger partial charge in [0.1, 0.15) is 19.0 Å². The van der Waals surface area contributed by atoms with Gasteiger partial charge in [-0.05, 0) is 42.3 Å². The molecule has 22 heavy (non-hydrogen) atoms. The Labute approximate surface area is 134 Å². The van der Waals surface area contributed by atoms with Crippen LogP contribution in [-0.4, -0.2) is 19.8 Å². The smallest absolute Gasteiger partial charge is 0.179 e. The van der Waals surface area contributed by atoms with Crippen LogP contribution in [0, 0.1) is 5.82 Å². The van der Waals surface area contributed by atoms with E-state index in [4.69, 9.17) is 21.1 Å². The predicted molar refractivity (Wildman–Crippen MR) is 84.3 cm³/mol. The third kappa shape index (κ3) is 3.51. The summed E-state index contributed by atoms with van der Waals surface area (Å²) in [5.74, 6) is 1.14. The summed E-state index contributed by atoms with van der Waals surface area (Å²) in [7, 11) is 0. The Morgan fingerprint density at radius 2 is 1.95 bits per heavy atom. The molecule has 0 unspecified atom stereocenters. The van der Waals surface area contributed by atoms with Gasteiger partial charge in [0.25, 0.3) is 0 Å². The molecule has 116 valence electrons. The molecule has 0 amide bonds. The predicted octanol–water partition coefficient (Wildman–Crippen LogP) is 3.58. The average Bonchev–Trinajstić information content (AvgIpc) is 2.53. The van der Waals surface area contributed by atoms with Crippen molar-refractivity contribution in [3.63, 3.8) is 0 Å². The van der Waals surface area contributed by atoms with E-state index in [1.807, 2.05) is 18.2 Å². The van der Waals surface area contributed by atoms with Gasteiger partial charge in [-0.1, -0.05) is 29.8 Å². The van der Waals surface area contributed by atoms with Crippen LogP contribution in [0.25, 0.3) is 0 Å². The summed E-state index contributed by atoms with van der Waals surface area (Å²) >= 11 is 6.19. The Hall–Kier alpha value is -1.78. The van der Waals surface area contributed by atoms with Crippen molar-refractivity contribution in [3.8, 4) is 11.5 Å². The first-order valence-electron chi connectivity index (χ1n) is 7.26. The molecule has 0 spiro atoms. The molecule has 0 bridgehead atoms. The van der Waals surface area contributed by atoms with Crippen molar-refractivity contribution in [2.45, 2.75) is 13.0 Å². The first-order valence-corrected chi connectivity index (χ1v) is 7.64. The van der Waals surface area contributed by atoms with Crippen LogP contribution in [0.15, 0.2) is 36.4 Å². The molecule has 0 aliphatic carbocycles. The van der Waals surface area contributed by atoms with Gasteiger partial charge >= 0.3 is 0 Å². The molecule has 1 aliphatic heterocycles. The number of ether oxygens (including phenoxy) is 2. The largest absolute Gasteiger partial charge is 0.486 e. The molecule has 1 N–H and O–H groups in total. The van der Waals surface area contributed by atoms with E-state index in [-0.39, 0.29) is 5.82 Å². The van der Waals surface area contributed by atoms with Crippen molar-refractivity contribution < 1.29 is 13.9 Å². The first-order chi connectivity index (χ1) is 10.7. The van der Waals surface area contributed by atoms with Gasteiger partial charge in [0.15, 0.2) is 11.5 Å². The van der Waals surface area contributed by atoms with Crippen LogP contribution < -0.4 is 14.8 Å². The van der Waals surface area contributed by atoms with E-state index in [0.717, 1.165) is 11.1 Å². The van der Waals surface area contributed by atoms with E-state index < -0.39 is 0 Å². The average molecular weight is 322 g/mol. The third-order valence-electron chi connectivity index (χ3n) is 3.51. The molecular weight excluding hydrogens is 305 g/mol. The number of fused-ring (bicyclic) bond motifs is 1. The van der Waals surface area contributed by atoms with Crippen LogP contribution in [0.3, 0.4) is 0 Å². The molecule has 0 saturated heterocycles. The second kappa shape index (κ2) is 6.99. The van der Waals surface area contributed by atoms with Gasteiger partial charge in [-0.25, -0.2) is 4.39 Å². The first kappa shape index (κ1) is 15.1. The zero-order chi connectivity index (χ0) is 15.4. The lowest BCUT2D eigenvalue weighted by atomic mass is 10.1. The molecule has 2 aromatic rings. The maximum absolute atomic E-state index is 13.5. The van der Waals surface area contributed by atoms with Crippen molar-refractivity contribution >= 4 is 11.6 Å². The highest BCUT2D eigenvalue weighted by Crippen LogP contribution is 2.38. The monoisotopic (exact) mass is 321 g/mol. The van der Waals surface area contributed by atoms with Crippen LogP contribution in [0.5, 0.6) is 11.5 Å². The highest BCUT2D eigenvalue weighted by atomic mass is 35.5. The molecule has 0 fully saturated rings. The second-order valence-electron chi connectivity index (χ2n) is 5.12. The van der Waals surface area contributed by atoms with Gasteiger partial charge in [0, 0.05) is 6.54 Å². The second-order valence-corrected chi connectivity index (χ2v) is 5.53. The van der Waals surface area contributed by atoms with E-state index in [0.29, 0.717) is 49.2 Å². The molecule has 3 nitrogen and oxygen atoms in total. The summed E-state index contributed by atoms with van der Waals surface area (Å²) in [6.45, 7) is 2.39. The summed E-state index contributed by atoms with van der Waals surface area (Å²) in [6, 6.07) is 10.6. The lowest BCUT2D eigenvalue weighted by molar-refractivity contribution is 0.171. The minimum Gasteiger partial charge on any atom is -0.486 e. The minimum atomic E-state index is -0.160. The lowest BCUT2D eigenvalue weighted by Crippen LogP contribution is -2.19.